The number of rotatable bonds is 6. The van der Waals surface area contributed by atoms with Gasteiger partial charge in [0.25, 0.3) is 0 Å². The number of hydrogen-bond donors (Lipinski definition) is 2. The first-order valence-electron chi connectivity index (χ1n) is 8.59. The maximum absolute atomic E-state index is 12.5. The number of aromatic nitrogens is 4. The van der Waals surface area contributed by atoms with E-state index < -0.39 is 0 Å². The van der Waals surface area contributed by atoms with E-state index in [0.29, 0.717) is 35.3 Å². The number of nitrogens with one attached hydrogen (secondary N) is 1. The van der Waals surface area contributed by atoms with Gasteiger partial charge in [-0.25, -0.2) is 9.97 Å². The third-order valence-corrected chi connectivity index (χ3v) is 4.89. The van der Waals surface area contributed by atoms with Crippen LogP contribution in [0.4, 0.5) is 11.6 Å². The summed E-state index contributed by atoms with van der Waals surface area (Å²) in [7, 11) is 1.66. The van der Waals surface area contributed by atoms with Gasteiger partial charge in [-0.3, -0.25) is 9.48 Å². The number of methoxy groups -OCH3 is 1. The van der Waals surface area contributed by atoms with Crippen molar-refractivity contribution < 1.29 is 9.53 Å². The zero-order valence-electron chi connectivity index (χ0n) is 14.7. The molecule has 27 heavy (non-hydrogen) atoms. The second-order valence-corrected chi connectivity index (χ2v) is 6.98. The first-order valence-corrected chi connectivity index (χ1v) is 8.97. The van der Waals surface area contributed by atoms with Crippen LogP contribution in [-0.2, 0) is 16.1 Å². The van der Waals surface area contributed by atoms with E-state index in [1.165, 1.54) is 0 Å². The van der Waals surface area contributed by atoms with Crippen molar-refractivity contribution in [2.24, 2.45) is 5.92 Å². The summed E-state index contributed by atoms with van der Waals surface area (Å²) in [5.41, 5.74) is 6.92. The minimum absolute atomic E-state index is 0.0513. The molecule has 1 amide bonds. The molecule has 1 fully saturated rings. The van der Waals surface area contributed by atoms with Gasteiger partial charge in [-0.15, -0.1) is 0 Å². The summed E-state index contributed by atoms with van der Waals surface area (Å²) in [5, 5.41) is 8.96. The molecule has 2 atom stereocenters. The van der Waals surface area contributed by atoms with Gasteiger partial charge in [0.05, 0.1) is 19.3 Å². The first kappa shape index (κ1) is 17.7. The molecule has 1 aliphatic carbocycles. The lowest BCUT2D eigenvalue weighted by atomic mass is 10.2. The Hall–Kier alpha value is -2.71. The molecule has 8 nitrogen and oxygen atoms in total. The van der Waals surface area contributed by atoms with Crippen molar-refractivity contribution in [2.75, 3.05) is 24.8 Å². The molecule has 0 radical (unpaired) electrons. The highest BCUT2D eigenvalue weighted by Crippen LogP contribution is 2.47. The Morgan fingerprint density at radius 3 is 3.11 bits per heavy atom. The summed E-state index contributed by atoms with van der Waals surface area (Å²) in [6.45, 7) is 1.30. The Kier molecular flexibility index (Phi) is 4.67. The largest absolute Gasteiger partial charge is 0.383 e. The zero-order chi connectivity index (χ0) is 19.0. The fourth-order valence-electron chi connectivity index (χ4n) is 3.16. The molecular formula is C18H19ClN6O2. The predicted molar refractivity (Wildman–Crippen MR) is 103 cm³/mol. The fraction of sp³-hybridized carbons (Fsp3) is 0.333. The van der Waals surface area contributed by atoms with Crippen LogP contribution in [0.2, 0.25) is 5.15 Å². The highest BCUT2D eigenvalue weighted by Gasteiger charge is 2.44. The molecule has 3 aromatic rings. The predicted octanol–water partition coefficient (Wildman–Crippen LogP) is 2.45. The zero-order valence-corrected chi connectivity index (χ0v) is 15.5. The van der Waals surface area contributed by atoms with Gasteiger partial charge in [0, 0.05) is 30.8 Å². The van der Waals surface area contributed by atoms with Crippen LogP contribution in [0.1, 0.15) is 17.9 Å². The molecule has 3 N–H and O–H groups in total. The summed E-state index contributed by atoms with van der Waals surface area (Å²) >= 11 is 5.95. The Morgan fingerprint density at radius 1 is 1.44 bits per heavy atom. The third-order valence-electron chi connectivity index (χ3n) is 4.70. The molecular weight excluding hydrogens is 368 g/mol. The van der Waals surface area contributed by atoms with Gasteiger partial charge in [0.2, 0.25) is 5.91 Å². The maximum Gasteiger partial charge on any atom is 0.229 e. The fourth-order valence-corrected chi connectivity index (χ4v) is 3.37. The number of hydrogen-bond acceptors (Lipinski definition) is 6. The van der Waals surface area contributed by atoms with E-state index >= 15 is 0 Å². The first-order chi connectivity index (χ1) is 13.0. The summed E-state index contributed by atoms with van der Waals surface area (Å²) < 4.78 is 6.88. The SMILES string of the molecule is COCCn1cc([C@H]2C[C@@H]2C(=O)Nc2cc3cc(Cl)nc(N)c3cn2)cn1. The molecule has 0 saturated heterocycles. The number of anilines is 2. The van der Waals surface area contributed by atoms with Crippen LogP contribution in [-0.4, -0.2) is 39.4 Å². The molecule has 3 aromatic heterocycles. The van der Waals surface area contributed by atoms with Crippen LogP contribution in [0.15, 0.2) is 30.7 Å². The van der Waals surface area contributed by atoms with Crippen molar-refractivity contribution in [2.45, 2.75) is 18.9 Å². The van der Waals surface area contributed by atoms with Crippen LogP contribution >= 0.6 is 11.6 Å². The highest BCUT2D eigenvalue weighted by molar-refractivity contribution is 6.30. The van der Waals surface area contributed by atoms with E-state index in [-0.39, 0.29) is 17.7 Å². The summed E-state index contributed by atoms with van der Waals surface area (Å²) in [6.07, 6.45) is 6.19. The van der Waals surface area contributed by atoms with Crippen molar-refractivity contribution in [3.63, 3.8) is 0 Å². The Bertz CT molecular complexity index is 1000. The number of halogens is 1. The van der Waals surface area contributed by atoms with Crippen LogP contribution < -0.4 is 11.1 Å². The number of amides is 1. The maximum atomic E-state index is 12.5. The third kappa shape index (κ3) is 3.72. The molecule has 4 rings (SSSR count). The molecule has 0 spiro atoms. The number of carbonyl (C=O) groups is 1. The van der Waals surface area contributed by atoms with Gasteiger partial charge in [0.1, 0.15) is 16.8 Å². The number of pyridine rings is 2. The van der Waals surface area contributed by atoms with E-state index in [4.69, 9.17) is 22.1 Å². The van der Waals surface area contributed by atoms with Crippen LogP contribution in [0.25, 0.3) is 10.8 Å². The number of nitrogen functional groups attached to an aromatic ring is 1. The van der Waals surface area contributed by atoms with Crippen molar-refractivity contribution in [3.05, 3.63) is 41.4 Å². The minimum Gasteiger partial charge on any atom is -0.383 e. The molecule has 1 saturated carbocycles. The molecule has 1 aliphatic rings. The number of carbonyl (C=O) groups excluding carboxylic acids is 1. The topological polar surface area (TPSA) is 108 Å². The second-order valence-electron chi connectivity index (χ2n) is 6.59. The lowest BCUT2D eigenvalue weighted by Crippen LogP contribution is -2.15. The summed E-state index contributed by atoms with van der Waals surface area (Å²) in [4.78, 5) is 20.8. The molecule has 3 heterocycles. The average Bonchev–Trinajstić information content (AvgIpc) is 3.30. The Morgan fingerprint density at radius 2 is 2.30 bits per heavy atom. The Labute approximate surface area is 160 Å². The van der Waals surface area contributed by atoms with Crippen molar-refractivity contribution in [3.8, 4) is 0 Å². The average molecular weight is 387 g/mol. The number of nitrogens with two attached hydrogens (primary N) is 1. The lowest BCUT2D eigenvalue weighted by Gasteiger charge is -2.07. The monoisotopic (exact) mass is 386 g/mol. The second kappa shape index (κ2) is 7.13. The van der Waals surface area contributed by atoms with Crippen molar-refractivity contribution in [1.82, 2.24) is 19.7 Å². The van der Waals surface area contributed by atoms with Crippen LogP contribution in [0, 0.1) is 5.92 Å². The highest BCUT2D eigenvalue weighted by atomic mass is 35.5. The number of nitrogens with zero attached hydrogens (tertiary/aromatic N) is 4. The van der Waals surface area contributed by atoms with E-state index in [1.54, 1.807) is 25.4 Å². The van der Waals surface area contributed by atoms with E-state index in [9.17, 15) is 4.79 Å². The summed E-state index contributed by atoms with van der Waals surface area (Å²) in [5.74, 6) is 0.848. The van der Waals surface area contributed by atoms with Gasteiger partial charge in [-0.1, -0.05) is 11.6 Å². The van der Waals surface area contributed by atoms with Gasteiger partial charge in [0.15, 0.2) is 0 Å². The van der Waals surface area contributed by atoms with E-state index in [2.05, 4.69) is 20.4 Å². The standard InChI is InChI=1S/C18H19ClN6O2/c1-27-3-2-25-9-11(7-22-25)12-6-13(12)18(26)24-16-5-10-4-15(19)23-17(20)14(10)8-21-16/h4-5,7-9,12-13H,2-3,6H2,1H3,(H2,20,23)(H,21,24,26)/t12-,13+/m1/s1. The number of fused-ring (bicyclic) bond motifs is 1. The molecule has 0 aromatic carbocycles. The van der Waals surface area contributed by atoms with Gasteiger partial charge in [-0.05, 0) is 35.4 Å². The number of ether oxygens (including phenoxy) is 1. The molecule has 0 aliphatic heterocycles. The van der Waals surface area contributed by atoms with Crippen molar-refractivity contribution in [1.29, 1.82) is 0 Å². The van der Waals surface area contributed by atoms with Gasteiger partial charge >= 0.3 is 0 Å². The molecule has 0 unspecified atom stereocenters. The lowest BCUT2D eigenvalue weighted by molar-refractivity contribution is -0.117. The smallest absolute Gasteiger partial charge is 0.229 e. The normalized spacial score (nSPS) is 18.6. The van der Waals surface area contributed by atoms with E-state index in [1.807, 2.05) is 17.1 Å². The van der Waals surface area contributed by atoms with E-state index in [0.717, 1.165) is 17.4 Å². The van der Waals surface area contributed by atoms with Gasteiger partial charge in [-0.2, -0.15) is 5.10 Å². The molecule has 140 valence electrons. The quantitative estimate of drug-likeness (QED) is 0.630. The van der Waals surface area contributed by atoms with Crippen LogP contribution in [0.3, 0.4) is 0 Å². The van der Waals surface area contributed by atoms with Crippen LogP contribution in [0.5, 0.6) is 0 Å². The van der Waals surface area contributed by atoms with Crippen molar-refractivity contribution >= 4 is 39.9 Å². The van der Waals surface area contributed by atoms with Gasteiger partial charge < -0.3 is 15.8 Å². The Balaban J connectivity index is 1.43. The summed E-state index contributed by atoms with van der Waals surface area (Å²) in [6, 6.07) is 3.44. The molecule has 0 bridgehead atoms. The molecule has 9 heteroatoms. The minimum atomic E-state index is -0.0753.